The van der Waals surface area contributed by atoms with E-state index in [2.05, 4.69) is 16.0 Å². The first kappa shape index (κ1) is 17.6. The van der Waals surface area contributed by atoms with Crippen molar-refractivity contribution in [3.05, 3.63) is 57.6 Å². The van der Waals surface area contributed by atoms with Gasteiger partial charge in [-0.25, -0.2) is 4.98 Å². The van der Waals surface area contributed by atoms with Gasteiger partial charge in [-0.3, -0.25) is 0 Å². The molecule has 0 atom stereocenters. The van der Waals surface area contributed by atoms with E-state index >= 15 is 0 Å². The van der Waals surface area contributed by atoms with E-state index in [1.54, 1.807) is 12.1 Å². The number of aromatic nitrogens is 2. The lowest BCUT2D eigenvalue weighted by Crippen LogP contribution is -1.91. The minimum absolute atomic E-state index is 0.340. The van der Waals surface area contributed by atoms with Crippen molar-refractivity contribution < 1.29 is 0 Å². The van der Waals surface area contributed by atoms with Gasteiger partial charge in [0.2, 0.25) is 0 Å². The maximum absolute atomic E-state index is 8.70. The van der Waals surface area contributed by atoms with Crippen LogP contribution in [0.15, 0.2) is 36.4 Å². The number of aromatic amines is 1. The summed E-state index contributed by atoms with van der Waals surface area (Å²) in [6, 6.07) is 13.4. The number of rotatable bonds is 1. The van der Waals surface area contributed by atoms with Crippen molar-refractivity contribution in [2.45, 2.75) is 31.6 Å². The highest BCUT2D eigenvalue weighted by atomic mass is 35.5. The lowest BCUT2D eigenvalue weighted by atomic mass is 9.98. The second-order valence-electron chi connectivity index (χ2n) is 6.09. The van der Waals surface area contributed by atoms with Gasteiger partial charge in [0.1, 0.15) is 11.6 Å². The summed E-state index contributed by atoms with van der Waals surface area (Å²) in [5.74, 6) is 1.06. The number of nitrogens with zero attached hydrogens (tertiary/aromatic N) is 2. The number of nitriles is 1. The second-order valence-corrected chi connectivity index (χ2v) is 6.90. The summed E-state index contributed by atoms with van der Waals surface area (Å²) < 4.78 is 0. The van der Waals surface area contributed by atoms with Crippen LogP contribution in [-0.4, -0.2) is 9.97 Å². The Labute approximate surface area is 156 Å². The zero-order valence-electron chi connectivity index (χ0n) is 13.6. The molecule has 3 N–H and O–H groups in total. The number of fused-ring (bicyclic) bond motifs is 1. The van der Waals surface area contributed by atoms with E-state index in [9.17, 15) is 0 Å². The molecule has 25 heavy (non-hydrogen) atoms. The molecule has 4 rings (SSSR count). The van der Waals surface area contributed by atoms with Crippen LogP contribution in [0.25, 0.3) is 11.0 Å². The van der Waals surface area contributed by atoms with Crippen molar-refractivity contribution >= 4 is 40.2 Å². The summed E-state index contributed by atoms with van der Waals surface area (Å²) in [4.78, 5) is 6.83. The number of nitrogens with two attached hydrogens (primary N) is 1. The van der Waals surface area contributed by atoms with Gasteiger partial charge in [-0.2, -0.15) is 5.26 Å². The van der Waals surface area contributed by atoms with Crippen molar-refractivity contribution in [3.8, 4) is 6.07 Å². The van der Waals surface area contributed by atoms with Gasteiger partial charge in [0, 0.05) is 0 Å². The molecule has 1 saturated carbocycles. The fraction of sp³-hybridized carbons (Fsp3) is 0.263. The quantitative estimate of drug-likeness (QED) is 0.577. The van der Waals surface area contributed by atoms with Crippen molar-refractivity contribution in [1.29, 1.82) is 5.26 Å². The summed E-state index contributed by atoms with van der Waals surface area (Å²) >= 11 is 11.8. The molecular formula is C19H18Cl2N4. The topological polar surface area (TPSA) is 78.5 Å². The lowest BCUT2D eigenvalue weighted by Gasteiger charge is -2.09. The van der Waals surface area contributed by atoms with Crippen LogP contribution in [0.4, 0.5) is 5.95 Å². The molecule has 0 saturated heterocycles. The first-order chi connectivity index (χ1) is 12.1. The molecule has 0 unspecified atom stereocenters. The Kier molecular flexibility index (Phi) is 5.47. The maximum atomic E-state index is 8.70. The monoisotopic (exact) mass is 372 g/mol. The number of anilines is 1. The molecule has 0 bridgehead atoms. The molecule has 1 aliphatic carbocycles. The van der Waals surface area contributed by atoms with E-state index in [1.165, 1.54) is 31.2 Å². The average Bonchev–Trinajstić information content (AvgIpc) is 3.26. The van der Waals surface area contributed by atoms with E-state index in [0.717, 1.165) is 11.4 Å². The van der Waals surface area contributed by atoms with E-state index in [0.29, 0.717) is 27.1 Å². The summed E-state index contributed by atoms with van der Waals surface area (Å²) in [6.45, 7) is 0. The SMILES string of the molecule is Clc1ccc(C2CCCC2)cc1Cl.N#Cc1cccc2[nH]c(N)nc12. The number of benzene rings is 2. The number of nitrogen functional groups attached to an aromatic ring is 1. The smallest absolute Gasteiger partial charge is 0.198 e. The Morgan fingerprint density at radius 3 is 2.56 bits per heavy atom. The summed E-state index contributed by atoms with van der Waals surface area (Å²) in [5, 5.41) is 10.0. The lowest BCUT2D eigenvalue weighted by molar-refractivity contribution is 0.723. The Hall–Kier alpha value is -2.22. The zero-order chi connectivity index (χ0) is 17.8. The first-order valence-corrected chi connectivity index (χ1v) is 8.93. The average molecular weight is 373 g/mol. The summed E-state index contributed by atoms with van der Waals surface area (Å²) in [6.07, 6.45) is 5.31. The molecule has 1 fully saturated rings. The predicted octanol–water partition coefficient (Wildman–Crippen LogP) is 5.67. The minimum atomic E-state index is 0.340. The predicted molar refractivity (Wildman–Crippen MR) is 103 cm³/mol. The third-order valence-corrected chi connectivity index (χ3v) is 5.16. The normalized spacial score (nSPS) is 14.1. The highest BCUT2D eigenvalue weighted by molar-refractivity contribution is 6.42. The molecule has 0 amide bonds. The van der Waals surface area contributed by atoms with Crippen LogP contribution in [0.2, 0.25) is 10.0 Å². The molecule has 6 heteroatoms. The second kappa shape index (κ2) is 7.77. The molecule has 0 radical (unpaired) electrons. The van der Waals surface area contributed by atoms with E-state index < -0.39 is 0 Å². The highest BCUT2D eigenvalue weighted by Crippen LogP contribution is 2.36. The highest BCUT2D eigenvalue weighted by Gasteiger charge is 2.17. The first-order valence-electron chi connectivity index (χ1n) is 8.17. The molecule has 3 aromatic rings. The molecule has 1 aliphatic rings. The van der Waals surface area contributed by atoms with Gasteiger partial charge in [-0.05, 0) is 48.6 Å². The number of para-hydroxylation sites is 1. The Balaban J connectivity index is 0.000000146. The van der Waals surface area contributed by atoms with Gasteiger partial charge in [0.05, 0.1) is 21.1 Å². The zero-order valence-corrected chi connectivity index (χ0v) is 15.1. The molecule has 0 spiro atoms. The van der Waals surface area contributed by atoms with Crippen LogP contribution < -0.4 is 5.73 Å². The summed E-state index contributed by atoms with van der Waals surface area (Å²) in [7, 11) is 0. The molecule has 4 nitrogen and oxygen atoms in total. The fourth-order valence-corrected chi connectivity index (χ4v) is 3.47. The third-order valence-electron chi connectivity index (χ3n) is 4.42. The van der Waals surface area contributed by atoms with Gasteiger partial charge in [-0.1, -0.05) is 48.2 Å². The number of nitrogens with one attached hydrogen (secondary N) is 1. The number of hydrogen-bond acceptors (Lipinski definition) is 3. The van der Waals surface area contributed by atoms with Gasteiger partial charge >= 0.3 is 0 Å². The Morgan fingerprint density at radius 1 is 1.12 bits per heavy atom. The van der Waals surface area contributed by atoms with Crippen molar-refractivity contribution in [3.63, 3.8) is 0 Å². The maximum Gasteiger partial charge on any atom is 0.198 e. The molecule has 1 aromatic heterocycles. The standard InChI is InChI=1S/C11H12Cl2.C8H6N4/c12-10-6-5-9(7-11(10)13)8-3-1-2-4-8;9-4-5-2-1-3-6-7(5)12-8(10)11-6/h5-8H,1-4H2;1-3H,(H3,10,11,12). The fourth-order valence-electron chi connectivity index (χ4n) is 3.17. The largest absolute Gasteiger partial charge is 0.369 e. The number of hydrogen-bond donors (Lipinski definition) is 2. The van der Waals surface area contributed by atoms with Crippen LogP contribution in [-0.2, 0) is 0 Å². The van der Waals surface area contributed by atoms with Gasteiger partial charge < -0.3 is 10.7 Å². The van der Waals surface area contributed by atoms with Crippen LogP contribution in [0.1, 0.15) is 42.7 Å². The minimum Gasteiger partial charge on any atom is -0.369 e. The Morgan fingerprint density at radius 2 is 1.88 bits per heavy atom. The molecule has 128 valence electrons. The number of H-pyrrole nitrogens is 1. The molecule has 1 heterocycles. The van der Waals surface area contributed by atoms with Crippen molar-refractivity contribution in [2.75, 3.05) is 5.73 Å². The van der Waals surface area contributed by atoms with Gasteiger partial charge in [-0.15, -0.1) is 0 Å². The molecule has 2 aromatic carbocycles. The van der Waals surface area contributed by atoms with Crippen molar-refractivity contribution in [1.82, 2.24) is 9.97 Å². The van der Waals surface area contributed by atoms with Gasteiger partial charge in [0.15, 0.2) is 5.95 Å². The molecular weight excluding hydrogens is 355 g/mol. The van der Waals surface area contributed by atoms with Crippen LogP contribution in [0, 0.1) is 11.3 Å². The number of halogens is 2. The summed E-state index contributed by atoms with van der Waals surface area (Å²) in [5.41, 5.74) is 8.77. The van der Waals surface area contributed by atoms with E-state index in [4.69, 9.17) is 34.2 Å². The molecule has 0 aliphatic heterocycles. The Bertz CT molecular complexity index is 921. The van der Waals surface area contributed by atoms with Crippen LogP contribution in [0.3, 0.4) is 0 Å². The van der Waals surface area contributed by atoms with Crippen molar-refractivity contribution in [2.24, 2.45) is 0 Å². The van der Waals surface area contributed by atoms with Gasteiger partial charge in [0.25, 0.3) is 0 Å². The number of imidazole rings is 1. The van der Waals surface area contributed by atoms with Crippen LogP contribution in [0.5, 0.6) is 0 Å². The van der Waals surface area contributed by atoms with E-state index in [-0.39, 0.29) is 0 Å². The van der Waals surface area contributed by atoms with Crippen LogP contribution >= 0.6 is 23.2 Å². The van der Waals surface area contributed by atoms with E-state index in [1.807, 2.05) is 24.3 Å². The third kappa shape index (κ3) is 4.07.